The average Bonchev–Trinajstić information content (AvgIpc) is 3.38. The van der Waals surface area contributed by atoms with Crippen LogP contribution in [-0.2, 0) is 32.7 Å². The zero-order chi connectivity index (χ0) is 55.6. The number of carbonyl (C=O) groups is 2. The van der Waals surface area contributed by atoms with E-state index in [1.54, 1.807) is 0 Å². The van der Waals surface area contributed by atoms with Crippen LogP contribution in [0, 0.1) is 0 Å². The third-order valence-electron chi connectivity index (χ3n) is 11.9. The van der Waals surface area contributed by atoms with E-state index < -0.39 is 32.5 Å². The van der Waals surface area contributed by atoms with Crippen molar-refractivity contribution < 1.29 is 42.1 Å². The molecule has 0 aliphatic rings. The van der Waals surface area contributed by atoms with Gasteiger partial charge in [0.2, 0.25) is 0 Å². The summed E-state index contributed by atoms with van der Waals surface area (Å²) in [5, 5.41) is 0. The molecule has 0 rings (SSSR count). The predicted molar refractivity (Wildman–Crippen MR) is 325 cm³/mol. The minimum absolute atomic E-state index is 0.0184. The van der Waals surface area contributed by atoms with E-state index >= 15 is 0 Å². The van der Waals surface area contributed by atoms with Crippen molar-refractivity contribution in [3.8, 4) is 0 Å². The molecule has 0 aliphatic heterocycles. The lowest BCUT2D eigenvalue weighted by Crippen LogP contribution is -2.37. The first-order chi connectivity index (χ1) is 37.0. The Labute approximate surface area is 465 Å². The summed E-state index contributed by atoms with van der Waals surface area (Å²) in [5.41, 5.74) is 0. The molecule has 0 fully saturated rings. The first-order valence-corrected chi connectivity index (χ1v) is 31.1. The number of rotatable bonds is 52. The van der Waals surface area contributed by atoms with Crippen molar-refractivity contribution in [1.82, 2.24) is 0 Å². The SMILES string of the molecule is CC/C=C\C/C=C\C/C=C\C/C=C\C/C=C\C/C=C\CCCCCCCCCCC(=O)OC(COC(=O)CCCCCCCC/C=C\C/C=C\C/C=C\C/C=C\C/C=C\C/C=C\CC)COP(=O)(O)OCC[N+](C)(C)C. The number of phosphoric acid groups is 1. The molecule has 0 aromatic rings. The number of hydrogen-bond donors (Lipinski definition) is 1. The molecule has 2 unspecified atom stereocenters. The molecule has 0 radical (unpaired) electrons. The monoisotopic (exact) mass is 1070 g/mol. The van der Waals surface area contributed by atoms with Crippen LogP contribution in [0.1, 0.15) is 206 Å². The van der Waals surface area contributed by atoms with Crippen LogP contribution in [0.5, 0.6) is 0 Å². The van der Waals surface area contributed by atoms with Gasteiger partial charge in [-0.05, 0) is 116 Å². The Balaban J connectivity index is 4.27. The maximum absolute atomic E-state index is 12.8. The molecule has 0 saturated heterocycles. The van der Waals surface area contributed by atoms with Crippen molar-refractivity contribution in [3.05, 3.63) is 146 Å². The van der Waals surface area contributed by atoms with Crippen LogP contribution in [0.4, 0.5) is 0 Å². The van der Waals surface area contributed by atoms with E-state index in [9.17, 15) is 19.0 Å². The maximum Gasteiger partial charge on any atom is 0.472 e. The molecule has 0 spiro atoms. The third-order valence-corrected chi connectivity index (χ3v) is 12.8. The highest BCUT2D eigenvalue weighted by Gasteiger charge is 2.27. The van der Waals surface area contributed by atoms with E-state index in [1.165, 1.54) is 25.7 Å². The number of likely N-dealkylation sites (N-methyl/N-ethyl adjacent to an activating group) is 1. The van der Waals surface area contributed by atoms with Gasteiger partial charge < -0.3 is 18.9 Å². The fourth-order valence-corrected chi connectivity index (χ4v) is 8.12. The third kappa shape index (κ3) is 59.1. The van der Waals surface area contributed by atoms with E-state index in [0.29, 0.717) is 23.9 Å². The molecule has 76 heavy (non-hydrogen) atoms. The van der Waals surface area contributed by atoms with Gasteiger partial charge in [0.05, 0.1) is 27.7 Å². The van der Waals surface area contributed by atoms with Crippen molar-refractivity contribution >= 4 is 19.8 Å². The molecule has 0 bridgehead atoms. The Hall–Kier alpha value is -4.11. The normalized spacial score (nSPS) is 14.3. The number of carbonyl (C=O) groups excluding carboxylic acids is 2. The summed E-state index contributed by atoms with van der Waals surface area (Å²) in [6.45, 7) is 4.16. The van der Waals surface area contributed by atoms with Crippen molar-refractivity contribution in [2.24, 2.45) is 0 Å². The number of hydrogen-bond acceptors (Lipinski definition) is 7. The summed E-state index contributed by atoms with van der Waals surface area (Å²) < 4.78 is 34.6. The highest BCUT2D eigenvalue weighted by Crippen LogP contribution is 2.43. The Morgan fingerprint density at radius 2 is 0.711 bits per heavy atom. The van der Waals surface area contributed by atoms with Gasteiger partial charge in [-0.15, -0.1) is 0 Å². The molecule has 0 aromatic heterocycles. The van der Waals surface area contributed by atoms with Gasteiger partial charge in [0.25, 0.3) is 0 Å². The zero-order valence-corrected chi connectivity index (χ0v) is 49.6. The second-order valence-corrected chi connectivity index (χ2v) is 21.7. The van der Waals surface area contributed by atoms with Crippen LogP contribution in [0.3, 0.4) is 0 Å². The molecule has 2 atom stereocenters. The topological polar surface area (TPSA) is 108 Å². The molecule has 0 aromatic carbocycles. The van der Waals surface area contributed by atoms with E-state index in [1.807, 2.05) is 21.1 Å². The van der Waals surface area contributed by atoms with Crippen LogP contribution in [-0.4, -0.2) is 74.9 Å². The van der Waals surface area contributed by atoms with Gasteiger partial charge in [-0.2, -0.15) is 0 Å². The first-order valence-electron chi connectivity index (χ1n) is 29.6. The van der Waals surface area contributed by atoms with Crippen LogP contribution in [0.2, 0.25) is 0 Å². The van der Waals surface area contributed by atoms with E-state index in [2.05, 4.69) is 160 Å². The summed E-state index contributed by atoms with van der Waals surface area (Å²) in [7, 11) is 1.44. The van der Waals surface area contributed by atoms with Gasteiger partial charge in [-0.3, -0.25) is 18.6 Å². The summed E-state index contributed by atoms with van der Waals surface area (Å²) in [6.07, 6.45) is 81.9. The highest BCUT2D eigenvalue weighted by atomic mass is 31.2. The number of unbranched alkanes of at least 4 members (excludes halogenated alkanes) is 14. The number of esters is 2. The largest absolute Gasteiger partial charge is 0.472 e. The lowest BCUT2D eigenvalue weighted by Gasteiger charge is -2.24. The second kappa shape index (κ2) is 55.6. The van der Waals surface area contributed by atoms with Crippen LogP contribution in [0.15, 0.2) is 146 Å². The Morgan fingerprint density at radius 3 is 1.05 bits per heavy atom. The second-order valence-electron chi connectivity index (χ2n) is 20.3. The number of nitrogens with zero attached hydrogens (tertiary/aromatic N) is 1. The number of ether oxygens (including phenoxy) is 2. The first kappa shape index (κ1) is 71.9. The molecule has 0 saturated carbocycles. The number of phosphoric ester groups is 1. The zero-order valence-electron chi connectivity index (χ0n) is 48.7. The smallest absolute Gasteiger partial charge is 0.462 e. The standard InChI is InChI=1S/C66H108NO8P/c1-6-8-10-12-14-16-18-20-22-24-26-28-30-32-33-35-37-39-41-43-45-47-49-51-53-55-57-59-66(69)75-64(63-74-76(70,71)73-61-60-67(3,4)5)62-72-65(68)58-56-54-52-50-48-46-44-42-40-38-36-34-31-29-27-25-23-21-19-17-15-13-11-9-7-2/h8-11,14-17,20-23,26-29,32-34,36-37,39-40,42,64H,6-7,12-13,18-19,24-25,30-31,35,38,41,43-63H2,1-5H3/p+1/b10-8-,11-9-,16-14-,17-15-,22-20-,23-21-,28-26-,29-27-,33-32-,36-34-,39-37-,42-40-. The molecular weight excluding hydrogens is 966 g/mol. The number of quaternary nitrogens is 1. The molecule has 430 valence electrons. The van der Waals surface area contributed by atoms with Crippen LogP contribution < -0.4 is 0 Å². The minimum atomic E-state index is -4.41. The summed E-state index contributed by atoms with van der Waals surface area (Å²) >= 11 is 0. The molecule has 0 heterocycles. The molecule has 0 amide bonds. The fraction of sp³-hybridized carbons (Fsp3) is 0.606. The lowest BCUT2D eigenvalue weighted by molar-refractivity contribution is -0.870. The Kier molecular flexibility index (Phi) is 52.6. The van der Waals surface area contributed by atoms with Gasteiger partial charge in [-0.25, -0.2) is 4.57 Å². The van der Waals surface area contributed by atoms with E-state index in [4.69, 9.17) is 18.5 Å². The highest BCUT2D eigenvalue weighted by molar-refractivity contribution is 7.47. The van der Waals surface area contributed by atoms with Crippen molar-refractivity contribution in [2.75, 3.05) is 47.5 Å². The molecular formula is C66H109NO8P+. The van der Waals surface area contributed by atoms with Crippen molar-refractivity contribution in [1.29, 1.82) is 0 Å². The quantitative estimate of drug-likeness (QED) is 0.0211. The molecule has 10 heteroatoms. The fourth-order valence-electron chi connectivity index (χ4n) is 7.37. The minimum Gasteiger partial charge on any atom is -0.462 e. The molecule has 0 aliphatic carbocycles. The van der Waals surface area contributed by atoms with Gasteiger partial charge >= 0.3 is 19.8 Å². The van der Waals surface area contributed by atoms with Gasteiger partial charge in [0.1, 0.15) is 19.8 Å². The molecule has 9 nitrogen and oxygen atoms in total. The van der Waals surface area contributed by atoms with Crippen molar-refractivity contribution in [2.45, 2.75) is 213 Å². The maximum atomic E-state index is 12.8. The summed E-state index contributed by atoms with van der Waals surface area (Å²) in [4.78, 5) is 35.7. The number of allylic oxidation sites excluding steroid dienone is 24. The Morgan fingerprint density at radius 1 is 0.408 bits per heavy atom. The summed E-state index contributed by atoms with van der Waals surface area (Å²) in [5.74, 6) is -0.836. The summed E-state index contributed by atoms with van der Waals surface area (Å²) in [6, 6.07) is 0. The van der Waals surface area contributed by atoms with E-state index in [0.717, 1.165) is 141 Å². The Bertz CT molecular complexity index is 1790. The van der Waals surface area contributed by atoms with Gasteiger partial charge in [0.15, 0.2) is 6.10 Å². The average molecular weight is 1080 g/mol. The van der Waals surface area contributed by atoms with Gasteiger partial charge in [-0.1, -0.05) is 224 Å². The van der Waals surface area contributed by atoms with E-state index in [-0.39, 0.29) is 26.1 Å². The van der Waals surface area contributed by atoms with Crippen LogP contribution >= 0.6 is 7.82 Å². The van der Waals surface area contributed by atoms with Crippen LogP contribution in [0.25, 0.3) is 0 Å². The predicted octanol–water partition coefficient (Wildman–Crippen LogP) is 18.7. The lowest BCUT2D eigenvalue weighted by atomic mass is 10.1. The van der Waals surface area contributed by atoms with Gasteiger partial charge in [0, 0.05) is 12.8 Å². The molecule has 1 N–H and O–H groups in total. The van der Waals surface area contributed by atoms with Crippen molar-refractivity contribution in [3.63, 3.8) is 0 Å².